The molecule has 246 valence electrons. The van der Waals surface area contributed by atoms with E-state index in [9.17, 15) is 23.5 Å². The van der Waals surface area contributed by atoms with E-state index in [4.69, 9.17) is 23.7 Å². The van der Waals surface area contributed by atoms with Crippen molar-refractivity contribution in [1.29, 1.82) is 0 Å². The lowest BCUT2D eigenvalue weighted by Gasteiger charge is -2.37. The number of nitrogens with zero attached hydrogens (tertiary/aromatic N) is 2. The third kappa shape index (κ3) is 8.24. The Kier molecular flexibility index (Phi) is 11.3. The number of methoxy groups -OCH3 is 1. The van der Waals surface area contributed by atoms with Gasteiger partial charge in [-0.1, -0.05) is 24.3 Å². The van der Waals surface area contributed by atoms with Gasteiger partial charge in [-0.3, -0.25) is 4.79 Å². The number of benzene rings is 3. The molecule has 1 N–H and O–H groups in total. The Balaban J connectivity index is 1.19. The van der Waals surface area contributed by atoms with E-state index in [1.165, 1.54) is 11.0 Å². The molecule has 46 heavy (non-hydrogen) atoms. The molecule has 0 aromatic heterocycles. The first kappa shape index (κ1) is 33.0. The van der Waals surface area contributed by atoms with Crippen molar-refractivity contribution in [2.75, 3.05) is 58.1 Å². The third-order valence-corrected chi connectivity index (χ3v) is 8.02. The number of carbonyl (C=O) groups excluding carboxylic acids is 1. The van der Waals surface area contributed by atoms with Gasteiger partial charge in [0.2, 0.25) is 0 Å². The Hall–Kier alpha value is -4.42. The molecular weight excluding hydrogens is 602 g/mol. The molecule has 0 radical (unpaired) electrons. The summed E-state index contributed by atoms with van der Waals surface area (Å²) >= 11 is 0. The van der Waals surface area contributed by atoms with E-state index in [2.05, 4.69) is 0 Å². The van der Waals surface area contributed by atoms with Crippen LogP contribution in [0.5, 0.6) is 17.2 Å². The van der Waals surface area contributed by atoms with E-state index in [0.717, 1.165) is 23.3 Å². The van der Waals surface area contributed by atoms with Crippen molar-refractivity contribution >= 4 is 17.7 Å². The highest BCUT2D eigenvalue weighted by atomic mass is 19.1. The molecule has 0 spiro atoms. The molecule has 0 aliphatic carbocycles. The number of amides is 2. The molecule has 2 atom stereocenters. The minimum atomic E-state index is -0.992. The van der Waals surface area contributed by atoms with Crippen LogP contribution >= 0.6 is 0 Å². The van der Waals surface area contributed by atoms with Gasteiger partial charge < -0.3 is 38.6 Å². The molecule has 3 aromatic carbocycles. The van der Waals surface area contributed by atoms with Gasteiger partial charge in [0.25, 0.3) is 5.91 Å². The van der Waals surface area contributed by atoms with E-state index in [1.807, 2.05) is 42.5 Å². The van der Waals surface area contributed by atoms with Crippen molar-refractivity contribution in [3.05, 3.63) is 83.4 Å². The molecule has 2 aliphatic heterocycles. The van der Waals surface area contributed by atoms with Crippen LogP contribution in [-0.4, -0.2) is 81.3 Å². The Bertz CT molecular complexity index is 1470. The number of halogens is 2. The monoisotopic (exact) mass is 640 g/mol. The zero-order valence-electron chi connectivity index (χ0n) is 25.7. The second kappa shape index (κ2) is 15.7. The number of fused-ring (bicyclic) bond motifs is 1. The van der Waals surface area contributed by atoms with Crippen LogP contribution in [0.2, 0.25) is 0 Å². The van der Waals surface area contributed by atoms with Crippen LogP contribution in [0.25, 0.3) is 0 Å². The molecule has 2 heterocycles. The van der Waals surface area contributed by atoms with Crippen molar-refractivity contribution in [2.45, 2.75) is 37.9 Å². The van der Waals surface area contributed by atoms with E-state index >= 15 is 0 Å². The fourth-order valence-corrected chi connectivity index (χ4v) is 5.65. The lowest BCUT2D eigenvalue weighted by Crippen LogP contribution is -2.46. The van der Waals surface area contributed by atoms with Crippen LogP contribution in [0.1, 0.15) is 36.3 Å². The molecule has 0 saturated carbocycles. The predicted octanol–water partition coefficient (Wildman–Crippen LogP) is 5.63. The van der Waals surface area contributed by atoms with Gasteiger partial charge in [0.1, 0.15) is 11.5 Å². The smallest absolute Gasteiger partial charge is 0.407 e. The maximum Gasteiger partial charge on any atom is 0.407 e. The first-order valence-electron chi connectivity index (χ1n) is 15.3. The Labute approximate surface area is 266 Å². The van der Waals surface area contributed by atoms with Gasteiger partial charge in [-0.15, -0.1) is 0 Å². The highest BCUT2D eigenvalue weighted by Gasteiger charge is 2.33. The average molecular weight is 641 g/mol. The minimum absolute atomic E-state index is 0.0143. The number of ether oxygens (including phenoxy) is 5. The summed E-state index contributed by atoms with van der Waals surface area (Å²) in [6.07, 6.45) is 0.299. The van der Waals surface area contributed by atoms with Crippen LogP contribution in [0.3, 0.4) is 0 Å². The van der Waals surface area contributed by atoms with Crippen molar-refractivity contribution in [2.24, 2.45) is 0 Å². The number of hydrogen-bond donors (Lipinski definition) is 1. The van der Waals surface area contributed by atoms with Crippen molar-refractivity contribution in [3.63, 3.8) is 0 Å². The van der Waals surface area contributed by atoms with Crippen molar-refractivity contribution in [3.8, 4) is 17.2 Å². The number of carboxylic acid groups (broad SMARTS) is 1. The summed E-state index contributed by atoms with van der Waals surface area (Å²) < 4.78 is 55.6. The molecule has 2 aliphatic rings. The Morgan fingerprint density at radius 1 is 1.00 bits per heavy atom. The number of hydrogen-bond acceptors (Lipinski definition) is 7. The Morgan fingerprint density at radius 3 is 2.50 bits per heavy atom. The number of piperidine rings is 1. The summed E-state index contributed by atoms with van der Waals surface area (Å²) in [7, 11) is 1.62. The van der Waals surface area contributed by atoms with Gasteiger partial charge in [-0.2, -0.15) is 0 Å². The normalized spacial score (nSPS) is 17.8. The molecule has 3 aromatic rings. The number of likely N-dealkylation sites (tertiary alicyclic amines) is 1. The fraction of sp³-hybridized carbons (Fsp3) is 0.412. The van der Waals surface area contributed by atoms with Crippen LogP contribution in [0.15, 0.2) is 60.7 Å². The summed E-state index contributed by atoms with van der Waals surface area (Å²) in [6, 6.07) is 16.7. The summed E-state index contributed by atoms with van der Waals surface area (Å²) in [4.78, 5) is 27.5. The fourth-order valence-electron chi connectivity index (χ4n) is 5.65. The summed E-state index contributed by atoms with van der Waals surface area (Å²) in [5.41, 5.74) is 2.52. The number of carbonyl (C=O) groups is 2. The molecular formula is C34H38F2N2O8. The first-order chi connectivity index (χ1) is 22.3. The quantitative estimate of drug-likeness (QED) is 0.226. The molecule has 10 nitrogen and oxygen atoms in total. The van der Waals surface area contributed by atoms with E-state index in [1.54, 1.807) is 12.0 Å². The largest absolute Gasteiger partial charge is 0.493 e. The first-order valence-corrected chi connectivity index (χ1v) is 15.3. The molecule has 12 heteroatoms. The van der Waals surface area contributed by atoms with Crippen LogP contribution < -0.4 is 19.1 Å². The SMILES string of the molecule is COCCCN1C(=O)COc2ccc(COC3CN(C(=O)O)CCC3c3ccc(OCCCOc4c(F)cccc4F)cc3)cc21. The third-order valence-electron chi connectivity index (χ3n) is 8.02. The summed E-state index contributed by atoms with van der Waals surface area (Å²) in [6.45, 7) is 2.24. The molecule has 2 unspecified atom stereocenters. The zero-order chi connectivity index (χ0) is 32.5. The summed E-state index contributed by atoms with van der Waals surface area (Å²) in [5.74, 6) is -0.812. The van der Waals surface area contributed by atoms with Gasteiger partial charge in [0.05, 0.1) is 38.2 Å². The molecule has 0 bridgehead atoms. The molecule has 1 saturated heterocycles. The maximum absolute atomic E-state index is 13.7. The van der Waals surface area contributed by atoms with Crippen molar-refractivity contribution in [1.82, 2.24) is 4.90 Å². The van der Waals surface area contributed by atoms with Gasteiger partial charge in [-0.05, 0) is 60.4 Å². The second-order valence-corrected chi connectivity index (χ2v) is 11.1. The van der Waals surface area contributed by atoms with Gasteiger partial charge in [0, 0.05) is 39.1 Å². The predicted molar refractivity (Wildman–Crippen MR) is 165 cm³/mol. The lowest BCUT2D eigenvalue weighted by atomic mass is 9.87. The highest BCUT2D eigenvalue weighted by molar-refractivity contribution is 5.97. The van der Waals surface area contributed by atoms with Gasteiger partial charge in [0.15, 0.2) is 24.0 Å². The van der Waals surface area contributed by atoms with Gasteiger partial charge >= 0.3 is 6.09 Å². The maximum atomic E-state index is 13.7. The van der Waals surface area contributed by atoms with Crippen LogP contribution in [0.4, 0.5) is 19.3 Å². The van der Waals surface area contributed by atoms with E-state index in [0.29, 0.717) is 62.8 Å². The second-order valence-electron chi connectivity index (χ2n) is 11.1. The number of rotatable bonds is 14. The van der Waals surface area contributed by atoms with Crippen LogP contribution in [0, 0.1) is 11.6 Å². The van der Waals surface area contributed by atoms with Gasteiger partial charge in [-0.25, -0.2) is 13.6 Å². The topological polar surface area (TPSA) is 107 Å². The number of anilines is 1. The Morgan fingerprint density at radius 2 is 1.76 bits per heavy atom. The number of para-hydroxylation sites is 1. The zero-order valence-corrected chi connectivity index (χ0v) is 25.7. The molecule has 1 fully saturated rings. The van der Waals surface area contributed by atoms with Crippen molar-refractivity contribution < 1.29 is 47.2 Å². The summed E-state index contributed by atoms with van der Waals surface area (Å²) in [5, 5.41) is 9.67. The lowest BCUT2D eigenvalue weighted by molar-refractivity contribution is -0.121. The molecule has 5 rings (SSSR count). The minimum Gasteiger partial charge on any atom is -0.493 e. The standard InChI is InChI=1S/C34H38F2N2O8/c1-42-16-3-14-38-29-19-23(7-12-30(29)46-22-32(38)39)21-45-31-20-37(34(40)41)15-13-26(31)24-8-10-25(11-9-24)43-17-4-18-44-33-27(35)5-2-6-28(33)36/h2,5-12,19,26,31H,3-4,13-18,20-22H2,1H3,(H,40,41). The molecule has 2 amide bonds. The van der Waals surface area contributed by atoms with E-state index in [-0.39, 0.29) is 38.2 Å². The van der Waals surface area contributed by atoms with E-state index < -0.39 is 29.6 Å². The van der Waals surface area contributed by atoms with Crippen LogP contribution in [-0.2, 0) is 20.9 Å². The average Bonchev–Trinajstić information content (AvgIpc) is 3.06. The highest BCUT2D eigenvalue weighted by Crippen LogP contribution is 2.35.